The fourth-order valence-electron chi connectivity index (χ4n) is 2.83. The minimum absolute atomic E-state index is 0.0553. The molecule has 1 fully saturated rings. The van der Waals surface area contributed by atoms with E-state index in [2.05, 4.69) is 15.3 Å². The van der Waals surface area contributed by atoms with Gasteiger partial charge in [-0.3, -0.25) is 14.4 Å². The van der Waals surface area contributed by atoms with Gasteiger partial charge in [0.1, 0.15) is 5.56 Å². The van der Waals surface area contributed by atoms with Crippen LogP contribution in [-0.4, -0.2) is 59.2 Å². The Kier molecular flexibility index (Phi) is 6.00. The molecule has 0 saturated carbocycles. The first-order valence-electron chi connectivity index (χ1n) is 8.63. The predicted molar refractivity (Wildman–Crippen MR) is 106 cm³/mol. The van der Waals surface area contributed by atoms with Crippen LogP contribution in [0.3, 0.4) is 0 Å². The number of primary amides is 1. The fourth-order valence-corrected chi connectivity index (χ4v) is 3.21. The number of aryl methyl sites for hydroxylation is 1. The van der Waals surface area contributed by atoms with Gasteiger partial charge < -0.3 is 25.7 Å². The van der Waals surface area contributed by atoms with Gasteiger partial charge in [-0.25, -0.2) is 4.98 Å². The highest BCUT2D eigenvalue weighted by Crippen LogP contribution is 2.24. The van der Waals surface area contributed by atoms with Crippen molar-refractivity contribution in [2.75, 3.05) is 37.9 Å². The van der Waals surface area contributed by atoms with Crippen LogP contribution in [0.25, 0.3) is 0 Å². The number of ether oxygens (including phenoxy) is 1. The number of nitrogens with zero attached hydrogens (tertiary/aromatic N) is 2. The van der Waals surface area contributed by atoms with Crippen LogP contribution in [-0.2, 0) is 4.74 Å². The second kappa shape index (κ2) is 8.44. The van der Waals surface area contributed by atoms with Crippen molar-refractivity contribution in [3.8, 4) is 0 Å². The molecule has 0 atom stereocenters. The Hall–Kier alpha value is -2.85. The van der Waals surface area contributed by atoms with E-state index < -0.39 is 11.5 Å². The largest absolute Gasteiger partial charge is 0.378 e. The van der Waals surface area contributed by atoms with Gasteiger partial charge in [0.25, 0.3) is 17.4 Å². The number of thioether (sulfide) groups is 1. The normalized spacial score (nSPS) is 14.0. The summed E-state index contributed by atoms with van der Waals surface area (Å²) >= 11 is 1.23. The molecule has 3 rings (SSSR count). The van der Waals surface area contributed by atoms with Gasteiger partial charge in [-0.05, 0) is 30.9 Å². The van der Waals surface area contributed by atoms with Crippen LogP contribution in [0.5, 0.6) is 0 Å². The number of nitrogens with one attached hydrogen (secondary N) is 2. The minimum atomic E-state index is -0.887. The van der Waals surface area contributed by atoms with Crippen LogP contribution in [0.4, 0.5) is 11.5 Å². The third-order valence-electron chi connectivity index (χ3n) is 4.37. The number of morpholine rings is 1. The summed E-state index contributed by atoms with van der Waals surface area (Å²) in [5.41, 5.74) is 6.35. The van der Waals surface area contributed by atoms with E-state index in [0.717, 1.165) is 5.56 Å². The molecule has 0 unspecified atom stereocenters. The highest BCUT2D eigenvalue weighted by atomic mass is 32.2. The summed E-state index contributed by atoms with van der Waals surface area (Å²) < 4.78 is 5.28. The van der Waals surface area contributed by atoms with E-state index in [1.54, 1.807) is 29.4 Å². The Balaban J connectivity index is 1.97. The summed E-state index contributed by atoms with van der Waals surface area (Å²) in [7, 11) is 0. The first kappa shape index (κ1) is 19.9. The van der Waals surface area contributed by atoms with Gasteiger partial charge in [-0.2, -0.15) is 0 Å². The number of nitrogens with two attached hydrogens (primary N) is 1. The number of hydrogen-bond donors (Lipinski definition) is 3. The number of benzene rings is 1. The molecule has 2 heterocycles. The molecule has 9 nitrogen and oxygen atoms in total. The maximum Gasteiger partial charge on any atom is 0.266 e. The van der Waals surface area contributed by atoms with Crippen molar-refractivity contribution in [3.63, 3.8) is 0 Å². The van der Waals surface area contributed by atoms with Gasteiger partial charge in [0.05, 0.1) is 13.2 Å². The average molecular weight is 403 g/mol. The second-order valence-electron chi connectivity index (χ2n) is 6.22. The number of H-pyrrole nitrogens is 1. The first-order chi connectivity index (χ1) is 13.4. The molecule has 4 N–H and O–H groups in total. The lowest BCUT2D eigenvalue weighted by molar-refractivity contribution is 0.0303. The first-order valence-corrected chi connectivity index (χ1v) is 9.86. The molecule has 0 aliphatic carbocycles. The van der Waals surface area contributed by atoms with Gasteiger partial charge >= 0.3 is 0 Å². The number of aromatic nitrogens is 2. The van der Waals surface area contributed by atoms with E-state index >= 15 is 0 Å². The molecule has 0 radical (unpaired) electrons. The Morgan fingerprint density at radius 1 is 1.32 bits per heavy atom. The van der Waals surface area contributed by atoms with Crippen LogP contribution in [0, 0.1) is 6.92 Å². The third kappa shape index (κ3) is 4.18. The zero-order chi connectivity index (χ0) is 20.3. The lowest BCUT2D eigenvalue weighted by atomic mass is 10.1. The van der Waals surface area contributed by atoms with E-state index in [1.165, 1.54) is 11.8 Å². The Morgan fingerprint density at radius 3 is 2.68 bits per heavy atom. The van der Waals surface area contributed by atoms with Crippen molar-refractivity contribution in [2.24, 2.45) is 5.73 Å². The molecule has 0 bridgehead atoms. The lowest BCUT2D eigenvalue weighted by Gasteiger charge is -2.27. The highest BCUT2D eigenvalue weighted by molar-refractivity contribution is 7.98. The quantitative estimate of drug-likeness (QED) is 0.504. The zero-order valence-electron chi connectivity index (χ0n) is 15.6. The molecule has 0 spiro atoms. The number of carbonyl (C=O) groups is 2. The van der Waals surface area contributed by atoms with Crippen molar-refractivity contribution in [3.05, 3.63) is 45.2 Å². The molecule has 148 valence electrons. The van der Waals surface area contributed by atoms with E-state index in [9.17, 15) is 14.4 Å². The van der Waals surface area contributed by atoms with Gasteiger partial charge in [-0.15, -0.1) is 0 Å². The van der Waals surface area contributed by atoms with Gasteiger partial charge in [0.15, 0.2) is 11.0 Å². The van der Waals surface area contributed by atoms with E-state index in [0.29, 0.717) is 42.7 Å². The number of amides is 2. The van der Waals surface area contributed by atoms with Crippen molar-refractivity contribution in [1.29, 1.82) is 0 Å². The number of aromatic amines is 1. The van der Waals surface area contributed by atoms with Crippen LogP contribution in [0.15, 0.2) is 28.2 Å². The maximum atomic E-state index is 12.7. The second-order valence-corrected chi connectivity index (χ2v) is 7.02. The van der Waals surface area contributed by atoms with Gasteiger partial charge in [-0.1, -0.05) is 17.8 Å². The number of carbonyl (C=O) groups excluding carboxylic acids is 2. The summed E-state index contributed by atoms with van der Waals surface area (Å²) in [6.45, 7) is 3.94. The lowest BCUT2D eigenvalue weighted by Crippen LogP contribution is -2.40. The molecule has 1 saturated heterocycles. The van der Waals surface area contributed by atoms with Gasteiger partial charge in [0, 0.05) is 24.3 Å². The smallest absolute Gasteiger partial charge is 0.266 e. The summed E-state index contributed by atoms with van der Waals surface area (Å²) in [4.78, 5) is 45.2. The summed E-state index contributed by atoms with van der Waals surface area (Å²) in [5, 5.41) is 3.34. The summed E-state index contributed by atoms with van der Waals surface area (Å²) in [5.74, 6) is -0.938. The SMILES string of the molecule is CSc1nc(Nc2cc(C(=O)N3CCOCC3)ccc2C)c(C(N)=O)c(=O)[nH]1. The van der Waals surface area contributed by atoms with Crippen LogP contribution >= 0.6 is 11.8 Å². The van der Waals surface area contributed by atoms with Crippen molar-refractivity contribution >= 4 is 35.1 Å². The molecule has 1 aliphatic rings. The molecule has 1 aromatic heterocycles. The molecule has 10 heteroatoms. The summed E-state index contributed by atoms with van der Waals surface area (Å²) in [6.07, 6.45) is 1.75. The monoisotopic (exact) mass is 403 g/mol. The molecule has 28 heavy (non-hydrogen) atoms. The van der Waals surface area contributed by atoms with E-state index in [4.69, 9.17) is 10.5 Å². The molecule has 1 aromatic carbocycles. The highest BCUT2D eigenvalue weighted by Gasteiger charge is 2.21. The van der Waals surface area contributed by atoms with Crippen molar-refractivity contribution in [1.82, 2.24) is 14.9 Å². The maximum absolute atomic E-state index is 12.7. The Morgan fingerprint density at radius 2 is 2.04 bits per heavy atom. The minimum Gasteiger partial charge on any atom is -0.378 e. The standard InChI is InChI=1S/C18H21N5O4S/c1-10-3-4-11(17(26)23-5-7-27-8-6-23)9-12(10)20-15-13(14(19)24)16(25)22-18(21-15)28-2/h3-4,9H,5-8H2,1-2H3,(H2,19,24)(H2,20,21,22,25). The molecule has 2 aromatic rings. The van der Waals surface area contributed by atoms with Crippen molar-refractivity contribution < 1.29 is 14.3 Å². The molecule has 2 amide bonds. The molecular formula is C18H21N5O4S. The average Bonchev–Trinajstić information content (AvgIpc) is 2.69. The van der Waals surface area contributed by atoms with Crippen molar-refractivity contribution in [2.45, 2.75) is 12.1 Å². The number of rotatable bonds is 5. The zero-order valence-corrected chi connectivity index (χ0v) is 16.4. The molecule has 1 aliphatic heterocycles. The number of hydrogen-bond acceptors (Lipinski definition) is 7. The Labute approximate surface area is 165 Å². The summed E-state index contributed by atoms with van der Waals surface area (Å²) in [6, 6.07) is 5.22. The van der Waals surface area contributed by atoms with E-state index in [1.807, 2.05) is 6.92 Å². The van der Waals surface area contributed by atoms with Crippen LogP contribution in [0.1, 0.15) is 26.3 Å². The topological polar surface area (TPSA) is 130 Å². The fraction of sp³-hybridized carbons (Fsp3) is 0.333. The van der Waals surface area contributed by atoms with Crippen LogP contribution in [0.2, 0.25) is 0 Å². The van der Waals surface area contributed by atoms with Gasteiger partial charge in [0.2, 0.25) is 0 Å². The van der Waals surface area contributed by atoms with E-state index in [-0.39, 0.29) is 17.3 Å². The molecular weight excluding hydrogens is 382 g/mol. The Bertz CT molecular complexity index is 969. The van der Waals surface area contributed by atoms with Crippen LogP contribution < -0.4 is 16.6 Å². The predicted octanol–water partition coefficient (Wildman–Crippen LogP) is 1.12. The third-order valence-corrected chi connectivity index (χ3v) is 4.95. The number of anilines is 2.